The van der Waals surface area contributed by atoms with E-state index in [4.69, 9.17) is 0 Å². The Labute approximate surface area is 141 Å². The van der Waals surface area contributed by atoms with Gasteiger partial charge in [-0.05, 0) is 24.1 Å². The van der Waals surface area contributed by atoms with Crippen molar-refractivity contribution in [2.45, 2.75) is 29.8 Å². The molecule has 0 aromatic heterocycles. The molecular weight excluding hydrogens is 324 g/mol. The van der Waals surface area contributed by atoms with Crippen LogP contribution in [0.4, 0.5) is 0 Å². The predicted molar refractivity (Wildman–Crippen MR) is 89.7 cm³/mol. The fraction of sp³-hybridized carbons (Fsp3) is 0.278. The second kappa shape index (κ2) is 6.36. The highest BCUT2D eigenvalue weighted by atomic mass is 32.2. The highest BCUT2D eigenvalue weighted by Gasteiger charge is 2.55. The molecule has 124 valence electrons. The van der Waals surface area contributed by atoms with E-state index in [0.29, 0.717) is 5.56 Å². The first-order valence-corrected chi connectivity index (χ1v) is 9.11. The highest BCUT2D eigenvalue weighted by Crippen LogP contribution is 2.44. The molecule has 1 heterocycles. The van der Waals surface area contributed by atoms with Gasteiger partial charge in [0.25, 0.3) is 0 Å². The van der Waals surface area contributed by atoms with Crippen molar-refractivity contribution in [1.82, 2.24) is 4.31 Å². The lowest BCUT2D eigenvalue weighted by Gasteiger charge is -2.50. The van der Waals surface area contributed by atoms with Gasteiger partial charge < -0.3 is 5.11 Å². The third kappa shape index (κ3) is 2.51. The van der Waals surface area contributed by atoms with Crippen LogP contribution in [0.15, 0.2) is 59.5 Å². The number of nitriles is 1. The van der Waals surface area contributed by atoms with E-state index in [9.17, 15) is 18.8 Å². The highest BCUT2D eigenvalue weighted by molar-refractivity contribution is 7.89. The van der Waals surface area contributed by atoms with Gasteiger partial charge in [0, 0.05) is 5.92 Å². The van der Waals surface area contributed by atoms with E-state index in [-0.39, 0.29) is 17.4 Å². The van der Waals surface area contributed by atoms with Crippen LogP contribution in [-0.2, 0) is 10.0 Å². The van der Waals surface area contributed by atoms with Gasteiger partial charge in [-0.25, -0.2) is 8.42 Å². The van der Waals surface area contributed by atoms with Crippen LogP contribution in [0.2, 0.25) is 0 Å². The third-order valence-corrected chi connectivity index (χ3v) is 6.58. The summed E-state index contributed by atoms with van der Waals surface area (Å²) in [5, 5.41) is 19.3. The molecule has 5 nitrogen and oxygen atoms in total. The zero-order chi connectivity index (χ0) is 17.3. The monoisotopic (exact) mass is 342 g/mol. The molecule has 1 N–H and O–H groups in total. The summed E-state index contributed by atoms with van der Waals surface area (Å²) in [6.45, 7) is 1.39. The van der Waals surface area contributed by atoms with E-state index >= 15 is 0 Å². The van der Waals surface area contributed by atoms with Gasteiger partial charge in [-0.1, -0.05) is 48.5 Å². The summed E-state index contributed by atoms with van der Waals surface area (Å²) in [4.78, 5) is 0.176. The molecule has 24 heavy (non-hydrogen) atoms. The second-order valence-corrected chi connectivity index (χ2v) is 7.67. The standard InChI is InChI=1S/C18H18N2O3S/c1-13-7-5-6-10-17(13)24(22,23)20-15(11-19)18(16(20)12-21)14-8-3-2-4-9-14/h2-10,15-16,18,21H,12H2,1H3/t15-,16-,18+/m1/s1. The Kier molecular flexibility index (Phi) is 4.41. The lowest BCUT2D eigenvalue weighted by atomic mass is 9.78. The molecule has 3 rings (SSSR count). The number of benzene rings is 2. The lowest BCUT2D eigenvalue weighted by molar-refractivity contribution is 0.0556. The number of aliphatic hydroxyl groups excluding tert-OH is 1. The molecule has 0 amide bonds. The van der Waals surface area contributed by atoms with Gasteiger partial charge in [0.05, 0.1) is 23.6 Å². The molecule has 0 radical (unpaired) electrons. The molecule has 6 heteroatoms. The van der Waals surface area contributed by atoms with Gasteiger partial charge in [-0.15, -0.1) is 0 Å². The summed E-state index contributed by atoms with van der Waals surface area (Å²) in [5.74, 6) is -0.333. The molecule has 1 aliphatic rings. The predicted octanol–water partition coefficient (Wildman–Crippen LogP) is 2.04. The molecular formula is C18H18N2O3S. The number of hydrogen-bond donors (Lipinski definition) is 1. The van der Waals surface area contributed by atoms with Crippen LogP contribution in [0.5, 0.6) is 0 Å². The van der Waals surface area contributed by atoms with E-state index in [1.54, 1.807) is 25.1 Å². The maximum Gasteiger partial charge on any atom is 0.244 e. The van der Waals surface area contributed by atoms with E-state index in [0.717, 1.165) is 9.87 Å². The van der Waals surface area contributed by atoms with Gasteiger partial charge in [-0.3, -0.25) is 0 Å². The van der Waals surface area contributed by atoms with E-state index < -0.39 is 22.1 Å². The minimum Gasteiger partial charge on any atom is -0.395 e. The molecule has 2 aromatic rings. The fourth-order valence-corrected chi connectivity index (χ4v) is 5.31. The van der Waals surface area contributed by atoms with Crippen molar-refractivity contribution in [3.05, 3.63) is 65.7 Å². The quantitative estimate of drug-likeness (QED) is 0.922. The largest absolute Gasteiger partial charge is 0.395 e. The number of nitrogens with zero attached hydrogens (tertiary/aromatic N) is 2. The number of aliphatic hydroxyl groups is 1. The Morgan fingerprint density at radius 3 is 2.33 bits per heavy atom. The van der Waals surface area contributed by atoms with Gasteiger partial charge >= 0.3 is 0 Å². The molecule has 1 fully saturated rings. The van der Waals surface area contributed by atoms with Crippen LogP contribution in [0.25, 0.3) is 0 Å². The van der Waals surface area contributed by atoms with Gasteiger partial charge in [-0.2, -0.15) is 9.57 Å². The Morgan fingerprint density at radius 2 is 1.75 bits per heavy atom. The smallest absolute Gasteiger partial charge is 0.244 e. The Hall–Kier alpha value is -2.20. The zero-order valence-electron chi connectivity index (χ0n) is 13.2. The van der Waals surface area contributed by atoms with Gasteiger partial charge in [0.1, 0.15) is 6.04 Å². The third-order valence-electron chi connectivity index (χ3n) is 4.51. The summed E-state index contributed by atoms with van der Waals surface area (Å²) in [6.07, 6.45) is 0. The normalized spacial score (nSPS) is 24.1. The lowest BCUT2D eigenvalue weighted by Crippen LogP contribution is -2.65. The molecule has 0 spiro atoms. The molecule has 3 atom stereocenters. The maximum absolute atomic E-state index is 13.0. The van der Waals surface area contributed by atoms with E-state index in [1.165, 1.54) is 6.07 Å². The summed E-state index contributed by atoms with van der Waals surface area (Å²) < 4.78 is 27.2. The Balaban J connectivity index is 2.03. The van der Waals surface area contributed by atoms with Crippen molar-refractivity contribution in [3.8, 4) is 6.07 Å². The Bertz CT molecular complexity index is 875. The molecule has 1 saturated heterocycles. The van der Waals surface area contributed by atoms with Crippen molar-refractivity contribution in [3.63, 3.8) is 0 Å². The van der Waals surface area contributed by atoms with Gasteiger partial charge in [0.2, 0.25) is 10.0 Å². The van der Waals surface area contributed by atoms with Crippen LogP contribution >= 0.6 is 0 Å². The summed E-state index contributed by atoms with van der Waals surface area (Å²) in [6, 6.07) is 16.6. The first kappa shape index (κ1) is 16.7. The summed E-state index contributed by atoms with van der Waals surface area (Å²) in [5.41, 5.74) is 1.48. The molecule has 0 unspecified atom stereocenters. The van der Waals surface area contributed by atoms with E-state index in [2.05, 4.69) is 6.07 Å². The van der Waals surface area contributed by atoms with Crippen molar-refractivity contribution in [1.29, 1.82) is 5.26 Å². The average molecular weight is 342 g/mol. The molecule has 1 aliphatic heterocycles. The topological polar surface area (TPSA) is 81.4 Å². The fourth-order valence-electron chi connectivity index (χ4n) is 3.33. The van der Waals surface area contributed by atoms with Crippen molar-refractivity contribution < 1.29 is 13.5 Å². The first-order valence-electron chi connectivity index (χ1n) is 7.67. The second-order valence-electron chi connectivity index (χ2n) is 5.86. The zero-order valence-corrected chi connectivity index (χ0v) is 14.0. The van der Waals surface area contributed by atoms with Gasteiger partial charge in [0.15, 0.2) is 0 Å². The summed E-state index contributed by atoms with van der Waals surface area (Å²) in [7, 11) is -3.85. The molecule has 2 aromatic carbocycles. The van der Waals surface area contributed by atoms with Crippen molar-refractivity contribution >= 4 is 10.0 Å². The number of aryl methyl sites for hydroxylation is 1. The van der Waals surface area contributed by atoms with Crippen molar-refractivity contribution in [2.75, 3.05) is 6.61 Å². The number of rotatable bonds is 4. The minimum atomic E-state index is -3.85. The van der Waals surface area contributed by atoms with Crippen LogP contribution in [0, 0.1) is 18.3 Å². The van der Waals surface area contributed by atoms with E-state index in [1.807, 2.05) is 30.3 Å². The number of hydrogen-bond acceptors (Lipinski definition) is 4. The van der Waals surface area contributed by atoms with Crippen LogP contribution in [-0.4, -0.2) is 36.5 Å². The number of sulfonamides is 1. The van der Waals surface area contributed by atoms with Crippen LogP contribution in [0.3, 0.4) is 0 Å². The summed E-state index contributed by atoms with van der Waals surface area (Å²) >= 11 is 0. The molecule has 0 saturated carbocycles. The van der Waals surface area contributed by atoms with Crippen LogP contribution in [0.1, 0.15) is 17.0 Å². The Morgan fingerprint density at radius 1 is 1.12 bits per heavy atom. The average Bonchev–Trinajstić information content (AvgIpc) is 2.55. The SMILES string of the molecule is Cc1ccccc1S(=O)(=O)N1[C@H](C#N)[C@H](c2ccccc2)[C@H]1CO. The molecule has 0 bridgehead atoms. The van der Waals surface area contributed by atoms with Crippen molar-refractivity contribution in [2.24, 2.45) is 0 Å². The maximum atomic E-state index is 13.0. The van der Waals surface area contributed by atoms with Crippen LogP contribution < -0.4 is 0 Å². The molecule has 0 aliphatic carbocycles. The first-order chi connectivity index (χ1) is 11.5. The minimum absolute atomic E-state index is 0.176.